The van der Waals surface area contributed by atoms with E-state index in [0.717, 1.165) is 12.8 Å². The number of carboxylic acid groups (broad SMARTS) is 1. The summed E-state index contributed by atoms with van der Waals surface area (Å²) in [5, 5.41) is 14.7. The van der Waals surface area contributed by atoms with Crippen molar-refractivity contribution in [1.29, 1.82) is 0 Å². The fourth-order valence-electron chi connectivity index (χ4n) is 5.31. The molecule has 1 fully saturated rings. The van der Waals surface area contributed by atoms with Crippen LogP contribution in [0.3, 0.4) is 0 Å². The van der Waals surface area contributed by atoms with Crippen LogP contribution in [-0.2, 0) is 14.3 Å². The molecule has 0 unspecified atom stereocenters. The molecular weight excluding hydrogens is 432 g/mol. The summed E-state index contributed by atoms with van der Waals surface area (Å²) in [6.45, 7) is 3.68. The quantitative estimate of drug-likeness (QED) is 0.535. The van der Waals surface area contributed by atoms with Gasteiger partial charge in [-0.05, 0) is 61.3 Å². The van der Waals surface area contributed by atoms with Gasteiger partial charge < -0.3 is 20.5 Å². The standard InChI is InChI=1S/C27H32N2O5/c1-27(2,15-25(31)32)29-24(30)14-17-11-12-18(13-17)28-26(33)34-16-23-21-9-5-3-7-19(21)20-8-4-6-10-22(20)23/h3-10,17-18,23H,11-16H2,1-2H3,(H,28,33)(H,29,30)(H,31,32)/t17-,18+/m0/s1. The van der Waals surface area contributed by atoms with Crippen LogP contribution in [-0.4, -0.2) is 41.3 Å². The number of alkyl carbamates (subject to hydrolysis) is 1. The third-order valence-electron chi connectivity index (χ3n) is 6.75. The molecule has 0 aromatic heterocycles. The van der Waals surface area contributed by atoms with Crippen molar-refractivity contribution >= 4 is 18.0 Å². The minimum Gasteiger partial charge on any atom is -0.481 e. The first kappa shape index (κ1) is 23.8. The third-order valence-corrected chi connectivity index (χ3v) is 6.75. The van der Waals surface area contributed by atoms with Crippen LogP contribution in [0.2, 0.25) is 0 Å². The maximum atomic E-state index is 12.5. The van der Waals surface area contributed by atoms with E-state index in [1.54, 1.807) is 13.8 Å². The van der Waals surface area contributed by atoms with Gasteiger partial charge in [-0.2, -0.15) is 0 Å². The van der Waals surface area contributed by atoms with Gasteiger partial charge in [-0.3, -0.25) is 9.59 Å². The lowest BCUT2D eigenvalue weighted by atomic mass is 9.98. The molecule has 0 aliphatic heterocycles. The second kappa shape index (κ2) is 9.87. The van der Waals surface area contributed by atoms with Crippen molar-refractivity contribution in [2.75, 3.05) is 6.61 Å². The number of fused-ring (bicyclic) bond motifs is 3. The van der Waals surface area contributed by atoms with Crippen molar-refractivity contribution in [3.05, 3.63) is 59.7 Å². The van der Waals surface area contributed by atoms with Gasteiger partial charge >= 0.3 is 12.1 Å². The molecule has 34 heavy (non-hydrogen) atoms. The molecule has 2 amide bonds. The molecule has 2 aliphatic carbocycles. The third kappa shape index (κ3) is 5.58. The van der Waals surface area contributed by atoms with Gasteiger partial charge in [0, 0.05) is 23.9 Å². The van der Waals surface area contributed by atoms with Crippen LogP contribution < -0.4 is 10.6 Å². The molecule has 3 N–H and O–H groups in total. The molecular formula is C27H32N2O5. The smallest absolute Gasteiger partial charge is 0.407 e. The Bertz CT molecular complexity index is 1030. The number of rotatable bonds is 8. The van der Waals surface area contributed by atoms with Crippen LogP contribution in [0.15, 0.2) is 48.5 Å². The molecule has 0 radical (unpaired) electrons. The van der Waals surface area contributed by atoms with Crippen molar-refractivity contribution in [2.24, 2.45) is 5.92 Å². The van der Waals surface area contributed by atoms with E-state index in [0.29, 0.717) is 12.8 Å². The summed E-state index contributed by atoms with van der Waals surface area (Å²) in [5.41, 5.74) is 3.94. The summed E-state index contributed by atoms with van der Waals surface area (Å²) in [7, 11) is 0. The van der Waals surface area contributed by atoms with E-state index in [-0.39, 0.29) is 36.8 Å². The van der Waals surface area contributed by atoms with Gasteiger partial charge in [0.1, 0.15) is 6.61 Å². The minimum absolute atomic E-state index is 0.0207. The highest BCUT2D eigenvalue weighted by Gasteiger charge is 2.32. The van der Waals surface area contributed by atoms with E-state index in [2.05, 4.69) is 34.9 Å². The molecule has 2 aliphatic rings. The largest absolute Gasteiger partial charge is 0.481 e. The van der Waals surface area contributed by atoms with E-state index in [1.807, 2.05) is 24.3 Å². The molecule has 0 heterocycles. The van der Waals surface area contributed by atoms with Crippen LogP contribution in [0.5, 0.6) is 0 Å². The molecule has 4 rings (SSSR count). The number of carbonyl (C=O) groups is 3. The molecule has 0 bridgehead atoms. The van der Waals surface area contributed by atoms with Crippen LogP contribution in [0.25, 0.3) is 11.1 Å². The Morgan fingerprint density at radius 3 is 2.24 bits per heavy atom. The summed E-state index contributed by atoms with van der Waals surface area (Å²) in [4.78, 5) is 35.8. The van der Waals surface area contributed by atoms with Crippen LogP contribution in [0.4, 0.5) is 4.79 Å². The molecule has 2 aromatic rings. The highest BCUT2D eigenvalue weighted by molar-refractivity contribution is 5.79. The SMILES string of the molecule is CC(C)(CC(=O)O)NC(=O)C[C@H]1CC[C@@H](NC(=O)OCC2c3ccccc3-c3ccccc32)C1. The van der Waals surface area contributed by atoms with E-state index in [9.17, 15) is 14.4 Å². The lowest BCUT2D eigenvalue weighted by Crippen LogP contribution is -2.45. The maximum Gasteiger partial charge on any atom is 0.407 e. The van der Waals surface area contributed by atoms with Gasteiger partial charge in [0.25, 0.3) is 0 Å². The number of carboxylic acids is 1. The maximum absolute atomic E-state index is 12.5. The first-order valence-electron chi connectivity index (χ1n) is 11.9. The Balaban J connectivity index is 1.25. The number of nitrogens with one attached hydrogen (secondary N) is 2. The number of aliphatic carboxylic acids is 1. The van der Waals surface area contributed by atoms with Crippen molar-refractivity contribution in [1.82, 2.24) is 10.6 Å². The molecule has 2 atom stereocenters. The second-order valence-corrected chi connectivity index (χ2v) is 10.1. The predicted octanol–water partition coefficient (Wildman–Crippen LogP) is 4.45. The lowest BCUT2D eigenvalue weighted by Gasteiger charge is -2.25. The zero-order valence-electron chi connectivity index (χ0n) is 19.7. The summed E-state index contributed by atoms with van der Waals surface area (Å²) in [6.07, 6.45) is 2.10. The van der Waals surface area contributed by atoms with Gasteiger partial charge in [0.05, 0.1) is 6.42 Å². The number of hydrogen-bond acceptors (Lipinski definition) is 4. The van der Waals surface area contributed by atoms with Gasteiger partial charge in [-0.1, -0.05) is 48.5 Å². The number of ether oxygens (including phenoxy) is 1. The fraction of sp³-hybridized carbons (Fsp3) is 0.444. The molecule has 7 heteroatoms. The van der Waals surface area contributed by atoms with Gasteiger partial charge in [-0.15, -0.1) is 0 Å². The highest BCUT2D eigenvalue weighted by atomic mass is 16.5. The van der Waals surface area contributed by atoms with E-state index >= 15 is 0 Å². The van der Waals surface area contributed by atoms with E-state index < -0.39 is 17.6 Å². The van der Waals surface area contributed by atoms with Crippen molar-refractivity contribution in [3.63, 3.8) is 0 Å². The number of carbonyl (C=O) groups excluding carboxylic acids is 2. The molecule has 1 saturated carbocycles. The van der Waals surface area contributed by atoms with Crippen molar-refractivity contribution in [3.8, 4) is 11.1 Å². The first-order chi connectivity index (χ1) is 16.2. The fourth-order valence-corrected chi connectivity index (χ4v) is 5.31. The number of benzene rings is 2. The predicted molar refractivity (Wildman–Crippen MR) is 128 cm³/mol. The average molecular weight is 465 g/mol. The zero-order valence-corrected chi connectivity index (χ0v) is 19.7. The molecule has 0 spiro atoms. The van der Waals surface area contributed by atoms with Crippen molar-refractivity contribution in [2.45, 2.75) is 63.5 Å². The Morgan fingerprint density at radius 1 is 1.00 bits per heavy atom. The Kier molecular flexibility index (Phi) is 6.91. The van der Waals surface area contributed by atoms with Gasteiger partial charge in [0.2, 0.25) is 5.91 Å². The monoisotopic (exact) mass is 464 g/mol. The molecule has 0 saturated heterocycles. The molecule has 2 aromatic carbocycles. The zero-order chi connectivity index (χ0) is 24.3. The van der Waals surface area contributed by atoms with Crippen LogP contribution in [0.1, 0.15) is 63.0 Å². The van der Waals surface area contributed by atoms with Crippen LogP contribution >= 0.6 is 0 Å². The van der Waals surface area contributed by atoms with Crippen molar-refractivity contribution < 1.29 is 24.2 Å². The molecule has 180 valence electrons. The summed E-state index contributed by atoms with van der Waals surface area (Å²) in [5.74, 6) is -0.927. The summed E-state index contributed by atoms with van der Waals surface area (Å²) < 4.78 is 5.64. The minimum atomic E-state index is -0.946. The van der Waals surface area contributed by atoms with Crippen LogP contribution in [0, 0.1) is 5.92 Å². The van der Waals surface area contributed by atoms with Gasteiger partial charge in [0.15, 0.2) is 0 Å². The normalized spacial score (nSPS) is 19.2. The Labute approximate surface area is 199 Å². The number of amides is 2. The second-order valence-electron chi connectivity index (χ2n) is 10.1. The Hall–Kier alpha value is -3.35. The van der Waals surface area contributed by atoms with E-state index in [4.69, 9.17) is 9.84 Å². The summed E-state index contributed by atoms with van der Waals surface area (Å²) in [6, 6.07) is 16.4. The highest BCUT2D eigenvalue weighted by Crippen LogP contribution is 2.44. The molecule has 7 nitrogen and oxygen atoms in total. The summed E-state index contributed by atoms with van der Waals surface area (Å²) >= 11 is 0. The Morgan fingerprint density at radius 2 is 1.62 bits per heavy atom. The first-order valence-corrected chi connectivity index (χ1v) is 11.9. The van der Waals surface area contributed by atoms with Gasteiger partial charge in [-0.25, -0.2) is 4.79 Å². The lowest BCUT2D eigenvalue weighted by molar-refractivity contribution is -0.138. The topological polar surface area (TPSA) is 105 Å². The number of hydrogen-bond donors (Lipinski definition) is 3. The average Bonchev–Trinajstić information content (AvgIpc) is 3.32. The van der Waals surface area contributed by atoms with E-state index in [1.165, 1.54) is 22.3 Å².